The second-order valence-corrected chi connectivity index (χ2v) is 10.6. The van der Waals surface area contributed by atoms with Crippen molar-refractivity contribution < 1.29 is 19.1 Å². The lowest BCUT2D eigenvalue weighted by atomic mass is 10.1. The fourth-order valence-electron chi connectivity index (χ4n) is 5.16. The Hall–Kier alpha value is -3.32. The summed E-state index contributed by atoms with van der Waals surface area (Å²) >= 11 is 0. The number of ether oxygens (including phenoxy) is 2. The van der Waals surface area contributed by atoms with Crippen molar-refractivity contribution in [2.75, 3.05) is 47.9 Å². The van der Waals surface area contributed by atoms with Gasteiger partial charge < -0.3 is 19.7 Å². The van der Waals surface area contributed by atoms with E-state index in [-0.39, 0.29) is 11.8 Å². The highest BCUT2D eigenvalue weighted by atomic mass is 16.5. The van der Waals surface area contributed by atoms with Gasteiger partial charge in [0.1, 0.15) is 22.9 Å². The van der Waals surface area contributed by atoms with Gasteiger partial charge >= 0.3 is 0 Å². The Morgan fingerprint density at radius 3 is 2.26 bits per heavy atom. The van der Waals surface area contributed by atoms with Crippen LogP contribution < -0.4 is 19.3 Å². The molecule has 7 nitrogen and oxygen atoms in total. The molecule has 0 saturated heterocycles. The molecule has 1 aliphatic rings. The Morgan fingerprint density at radius 1 is 0.897 bits per heavy atom. The van der Waals surface area contributed by atoms with Crippen molar-refractivity contribution in [3.8, 4) is 11.5 Å². The van der Waals surface area contributed by atoms with Gasteiger partial charge in [-0.15, -0.1) is 0 Å². The van der Waals surface area contributed by atoms with Crippen LogP contribution in [0.2, 0.25) is 0 Å². The zero-order valence-electron chi connectivity index (χ0n) is 24.4. The third-order valence-corrected chi connectivity index (χ3v) is 7.60. The molecule has 7 heteroatoms. The van der Waals surface area contributed by atoms with Crippen LogP contribution in [0.1, 0.15) is 69.4 Å². The van der Waals surface area contributed by atoms with E-state index in [0.717, 1.165) is 85.5 Å². The summed E-state index contributed by atoms with van der Waals surface area (Å²) in [7, 11) is 7.32. The highest BCUT2D eigenvalue weighted by Gasteiger charge is 2.40. The number of quaternary nitrogens is 1. The van der Waals surface area contributed by atoms with Crippen LogP contribution >= 0.6 is 0 Å². The fourth-order valence-corrected chi connectivity index (χ4v) is 5.16. The van der Waals surface area contributed by atoms with Crippen LogP contribution in [0.25, 0.3) is 11.8 Å². The SMILES string of the molecule is CCCCN(C)C(=O)CCCCCCCNC(=O)C[N+]1(C)C(c2ccc(OC)cc2)=Cc2cc(OC)ccc21. The minimum atomic E-state index is 0.0290. The van der Waals surface area contributed by atoms with Crippen molar-refractivity contribution >= 4 is 29.3 Å². The van der Waals surface area contributed by atoms with E-state index >= 15 is 0 Å². The summed E-state index contributed by atoms with van der Waals surface area (Å²) in [5.41, 5.74) is 4.25. The maximum Gasteiger partial charge on any atom is 0.276 e. The summed E-state index contributed by atoms with van der Waals surface area (Å²) in [6.45, 7) is 3.96. The van der Waals surface area contributed by atoms with Gasteiger partial charge in [-0.3, -0.25) is 14.1 Å². The first-order valence-corrected chi connectivity index (χ1v) is 14.2. The molecule has 2 aromatic carbocycles. The zero-order chi connectivity index (χ0) is 28.3. The number of hydrogen-bond acceptors (Lipinski definition) is 4. The number of rotatable bonds is 16. The van der Waals surface area contributed by atoms with Crippen LogP contribution in [0.5, 0.6) is 11.5 Å². The molecule has 1 heterocycles. The standard InChI is InChI=1S/C32H45N3O4/c1-6-7-21-34(2)32(37)13-11-9-8-10-12-20-33-31(36)24-35(3)29-19-18-28(39-5)22-26(29)23-30(35)25-14-16-27(38-4)17-15-25/h14-19,22-23H,6-13,20-21,24H2,1-5H3/p+1. The van der Waals surface area contributed by atoms with E-state index in [1.807, 2.05) is 48.3 Å². The molecule has 212 valence electrons. The van der Waals surface area contributed by atoms with Gasteiger partial charge in [0.2, 0.25) is 5.91 Å². The van der Waals surface area contributed by atoms with Crippen molar-refractivity contribution in [1.29, 1.82) is 0 Å². The third-order valence-electron chi connectivity index (χ3n) is 7.60. The lowest BCUT2D eigenvalue weighted by molar-refractivity contribution is -0.130. The van der Waals surface area contributed by atoms with Crippen LogP contribution in [0.3, 0.4) is 0 Å². The van der Waals surface area contributed by atoms with Gasteiger partial charge in [-0.25, -0.2) is 0 Å². The Bertz CT molecular complexity index is 1130. The van der Waals surface area contributed by atoms with E-state index < -0.39 is 0 Å². The molecule has 3 rings (SSSR count). The van der Waals surface area contributed by atoms with E-state index in [0.29, 0.717) is 24.0 Å². The van der Waals surface area contributed by atoms with Crippen molar-refractivity contribution in [2.24, 2.45) is 0 Å². The molecule has 1 N–H and O–H groups in total. The number of hydrogen-bond donors (Lipinski definition) is 1. The van der Waals surface area contributed by atoms with Crippen LogP contribution in [0, 0.1) is 0 Å². The normalized spacial score (nSPS) is 15.9. The van der Waals surface area contributed by atoms with Gasteiger partial charge in [-0.1, -0.05) is 32.6 Å². The lowest BCUT2D eigenvalue weighted by Crippen LogP contribution is -2.49. The summed E-state index contributed by atoms with van der Waals surface area (Å²) < 4.78 is 11.2. The number of unbranched alkanes of at least 4 members (excludes halogenated alkanes) is 5. The van der Waals surface area contributed by atoms with Gasteiger partial charge in [0.05, 0.1) is 21.3 Å². The predicted octanol–water partition coefficient (Wildman–Crippen LogP) is 5.87. The Balaban J connectivity index is 1.50. The minimum Gasteiger partial charge on any atom is -0.497 e. The molecular weight excluding hydrogens is 490 g/mol. The molecule has 0 radical (unpaired) electrons. The van der Waals surface area contributed by atoms with Crippen molar-refractivity contribution in [3.63, 3.8) is 0 Å². The van der Waals surface area contributed by atoms with Crippen LogP contribution in [0.4, 0.5) is 5.69 Å². The largest absolute Gasteiger partial charge is 0.497 e. The van der Waals surface area contributed by atoms with Gasteiger partial charge in [-0.2, -0.15) is 0 Å². The predicted molar refractivity (Wildman–Crippen MR) is 160 cm³/mol. The molecule has 0 aliphatic carbocycles. The van der Waals surface area contributed by atoms with Crippen molar-refractivity contribution in [2.45, 2.75) is 58.3 Å². The summed E-state index contributed by atoms with van der Waals surface area (Å²) in [4.78, 5) is 27.1. The first-order chi connectivity index (χ1) is 18.8. The summed E-state index contributed by atoms with van der Waals surface area (Å²) in [6, 6.07) is 14.0. The van der Waals surface area contributed by atoms with Gasteiger partial charge in [0.25, 0.3) is 5.91 Å². The molecule has 0 bridgehead atoms. The topological polar surface area (TPSA) is 67.9 Å². The molecule has 1 unspecified atom stereocenters. The molecule has 2 amide bonds. The van der Waals surface area contributed by atoms with E-state index in [1.165, 1.54) is 0 Å². The van der Waals surface area contributed by atoms with E-state index in [9.17, 15) is 9.59 Å². The summed E-state index contributed by atoms with van der Waals surface area (Å²) in [5, 5.41) is 3.13. The number of nitrogens with zero attached hydrogens (tertiary/aromatic N) is 2. The Labute approximate surface area is 234 Å². The number of likely N-dealkylation sites (N-methyl/N-ethyl adjacent to an activating group) is 1. The minimum absolute atomic E-state index is 0.0290. The van der Waals surface area contributed by atoms with Crippen LogP contribution in [-0.2, 0) is 9.59 Å². The number of carbonyl (C=O) groups excluding carboxylic acids is 2. The average Bonchev–Trinajstić information content (AvgIpc) is 3.23. The van der Waals surface area contributed by atoms with E-state index in [2.05, 4.69) is 31.4 Å². The zero-order valence-corrected chi connectivity index (χ0v) is 24.4. The molecule has 0 fully saturated rings. The fraction of sp³-hybridized carbons (Fsp3) is 0.500. The first-order valence-electron chi connectivity index (χ1n) is 14.2. The van der Waals surface area contributed by atoms with Gasteiger partial charge in [-0.05, 0) is 55.7 Å². The number of amides is 2. The molecule has 0 aromatic heterocycles. The second kappa shape index (κ2) is 14.7. The molecule has 0 spiro atoms. The second-order valence-electron chi connectivity index (χ2n) is 10.6. The molecular formula is C32H46N3O4+. The smallest absolute Gasteiger partial charge is 0.276 e. The van der Waals surface area contributed by atoms with Crippen LogP contribution in [-0.4, -0.2) is 64.7 Å². The van der Waals surface area contributed by atoms with Gasteiger partial charge in [0, 0.05) is 49.8 Å². The monoisotopic (exact) mass is 536 g/mol. The number of methoxy groups -OCH3 is 2. The highest BCUT2D eigenvalue weighted by molar-refractivity contribution is 5.99. The summed E-state index contributed by atoms with van der Waals surface area (Å²) in [6.07, 6.45) is 10.00. The molecule has 2 aromatic rings. The van der Waals surface area contributed by atoms with E-state index in [4.69, 9.17) is 9.47 Å². The number of benzene rings is 2. The van der Waals surface area contributed by atoms with Crippen molar-refractivity contribution in [1.82, 2.24) is 14.7 Å². The number of carbonyl (C=O) groups is 2. The highest BCUT2D eigenvalue weighted by Crippen LogP contribution is 2.44. The molecule has 1 aliphatic heterocycles. The number of nitrogens with one attached hydrogen (secondary N) is 1. The maximum atomic E-state index is 13.1. The lowest BCUT2D eigenvalue weighted by Gasteiger charge is -2.32. The maximum absolute atomic E-state index is 13.1. The third kappa shape index (κ3) is 8.09. The quantitative estimate of drug-likeness (QED) is 0.215. The Morgan fingerprint density at radius 2 is 1.56 bits per heavy atom. The first kappa shape index (κ1) is 30.2. The van der Waals surface area contributed by atoms with Gasteiger partial charge in [0.15, 0.2) is 6.54 Å². The molecule has 1 atom stereocenters. The molecule has 39 heavy (non-hydrogen) atoms. The van der Waals surface area contributed by atoms with Crippen molar-refractivity contribution in [3.05, 3.63) is 53.6 Å². The van der Waals surface area contributed by atoms with Crippen LogP contribution in [0.15, 0.2) is 42.5 Å². The van der Waals surface area contributed by atoms with E-state index in [1.54, 1.807) is 14.2 Å². The molecule has 0 saturated carbocycles. The number of fused-ring (bicyclic) bond motifs is 1. The Kier molecular flexibility index (Phi) is 11.4. The summed E-state index contributed by atoms with van der Waals surface area (Å²) in [5.74, 6) is 1.87. The average molecular weight is 537 g/mol.